The van der Waals surface area contributed by atoms with Gasteiger partial charge in [0.05, 0.1) is 41.6 Å². The smallest absolute Gasteiger partial charge is 0.254 e. The zero-order chi connectivity index (χ0) is 25.8. The Hall–Kier alpha value is -4.02. The first kappa shape index (κ1) is 24.7. The van der Waals surface area contributed by atoms with Gasteiger partial charge in [-0.25, -0.2) is 14.4 Å². The van der Waals surface area contributed by atoms with Crippen molar-refractivity contribution in [2.75, 3.05) is 50.6 Å². The molecule has 0 spiro atoms. The molecule has 6 rings (SSSR count). The quantitative estimate of drug-likeness (QED) is 0.392. The number of nitrogens with zero attached hydrogens (tertiary/aromatic N) is 4. The first-order valence-electron chi connectivity index (χ1n) is 12.3. The number of benzene rings is 1. The van der Waals surface area contributed by atoms with Gasteiger partial charge in [0.2, 0.25) is 0 Å². The van der Waals surface area contributed by atoms with E-state index >= 15 is 0 Å². The second-order valence-corrected chi connectivity index (χ2v) is 8.89. The monoisotopic (exact) mass is 503 g/mol. The number of anilines is 3. The Labute approximate surface area is 214 Å². The Kier molecular flexibility index (Phi) is 7.29. The Morgan fingerprint density at radius 2 is 1.92 bits per heavy atom. The summed E-state index contributed by atoms with van der Waals surface area (Å²) in [6, 6.07) is 10.6. The molecule has 0 radical (unpaired) electrons. The van der Waals surface area contributed by atoms with Gasteiger partial charge in [0.25, 0.3) is 5.91 Å². The van der Waals surface area contributed by atoms with Crippen LogP contribution in [-0.4, -0.2) is 60.7 Å². The molecule has 0 saturated carbocycles. The van der Waals surface area contributed by atoms with Crippen LogP contribution in [0.1, 0.15) is 22.3 Å². The SMILES string of the molecule is CNC.O=C1NCc2c(-c3cnc4cc(F)ccn34)ccc(Nc3ccc(N4CCCOCC4)cn3)c21. The van der Waals surface area contributed by atoms with E-state index in [1.807, 2.05) is 49.0 Å². The molecule has 3 N–H and O–H groups in total. The van der Waals surface area contributed by atoms with E-state index in [1.165, 1.54) is 12.1 Å². The fraction of sp³-hybridized carbons (Fsp3) is 0.296. The predicted molar refractivity (Wildman–Crippen MR) is 142 cm³/mol. The number of fused-ring (bicyclic) bond motifs is 2. The van der Waals surface area contributed by atoms with E-state index in [0.29, 0.717) is 29.3 Å². The summed E-state index contributed by atoms with van der Waals surface area (Å²) < 4.78 is 21.0. The summed E-state index contributed by atoms with van der Waals surface area (Å²) in [5.41, 5.74) is 5.41. The molecule has 0 unspecified atom stereocenters. The molecular weight excluding hydrogens is 473 g/mol. The van der Waals surface area contributed by atoms with Crippen LogP contribution >= 0.6 is 0 Å². The molecule has 10 heteroatoms. The average molecular weight is 504 g/mol. The molecule has 0 atom stereocenters. The standard InChI is InChI=1S/C25H23FN6O2.C2H7N/c26-16-6-8-32-21(15-28-23(32)12-16)18-3-4-20(24-19(18)14-29-25(24)33)30-22-5-2-17(13-27-22)31-7-1-10-34-11-9-31;1-3-2/h2-6,8,12-13,15H,1,7,9-11,14H2,(H,27,30)(H,29,33);3H,1-2H3. The maximum atomic E-state index is 13.6. The third kappa shape index (κ3) is 5.11. The minimum Gasteiger partial charge on any atom is -0.380 e. The van der Waals surface area contributed by atoms with E-state index in [-0.39, 0.29) is 11.7 Å². The van der Waals surface area contributed by atoms with Crippen molar-refractivity contribution in [3.63, 3.8) is 0 Å². The zero-order valence-corrected chi connectivity index (χ0v) is 20.9. The van der Waals surface area contributed by atoms with E-state index in [1.54, 1.807) is 12.4 Å². The number of carbonyl (C=O) groups excluding carboxylic acids is 1. The van der Waals surface area contributed by atoms with E-state index in [0.717, 1.165) is 55.2 Å². The Morgan fingerprint density at radius 1 is 1.05 bits per heavy atom. The highest BCUT2D eigenvalue weighted by atomic mass is 19.1. The highest BCUT2D eigenvalue weighted by molar-refractivity contribution is 6.06. The van der Waals surface area contributed by atoms with Gasteiger partial charge in [0.1, 0.15) is 17.3 Å². The molecule has 0 bridgehead atoms. The first-order chi connectivity index (χ1) is 18.1. The predicted octanol–water partition coefficient (Wildman–Crippen LogP) is 3.58. The molecule has 3 aromatic heterocycles. The maximum Gasteiger partial charge on any atom is 0.254 e. The van der Waals surface area contributed by atoms with Crippen LogP contribution in [0, 0.1) is 5.82 Å². The van der Waals surface area contributed by atoms with Gasteiger partial charge >= 0.3 is 0 Å². The summed E-state index contributed by atoms with van der Waals surface area (Å²) in [4.78, 5) is 23.9. The fourth-order valence-corrected chi connectivity index (χ4v) is 4.64. The van der Waals surface area contributed by atoms with E-state index < -0.39 is 0 Å². The lowest BCUT2D eigenvalue weighted by Gasteiger charge is -2.21. The molecule has 37 heavy (non-hydrogen) atoms. The second kappa shape index (κ2) is 10.9. The normalized spacial score (nSPS) is 15.0. The lowest BCUT2D eigenvalue weighted by Crippen LogP contribution is -2.25. The molecule has 2 aliphatic heterocycles. The third-order valence-electron chi connectivity index (χ3n) is 6.31. The van der Waals surface area contributed by atoms with Crippen LogP contribution in [0.5, 0.6) is 0 Å². The summed E-state index contributed by atoms with van der Waals surface area (Å²) in [6.07, 6.45) is 6.20. The van der Waals surface area contributed by atoms with Crippen LogP contribution in [0.25, 0.3) is 16.9 Å². The number of nitrogens with one attached hydrogen (secondary N) is 3. The van der Waals surface area contributed by atoms with Crippen LogP contribution in [0.4, 0.5) is 21.6 Å². The average Bonchev–Trinajstić information content (AvgIpc) is 3.38. The van der Waals surface area contributed by atoms with Crippen molar-refractivity contribution in [2.45, 2.75) is 13.0 Å². The number of imidazole rings is 1. The maximum absolute atomic E-state index is 13.6. The Balaban J connectivity index is 0.000000892. The summed E-state index contributed by atoms with van der Waals surface area (Å²) in [6.45, 7) is 3.71. The van der Waals surface area contributed by atoms with Crippen molar-refractivity contribution in [3.05, 3.63) is 71.9 Å². The molecule has 4 aromatic rings. The van der Waals surface area contributed by atoms with Gasteiger partial charge < -0.3 is 25.6 Å². The molecule has 2 aliphatic rings. The highest BCUT2D eigenvalue weighted by Gasteiger charge is 2.27. The topological polar surface area (TPSA) is 95.8 Å². The summed E-state index contributed by atoms with van der Waals surface area (Å²) in [7, 11) is 3.75. The largest absolute Gasteiger partial charge is 0.380 e. The van der Waals surface area contributed by atoms with E-state index in [2.05, 4.69) is 30.8 Å². The van der Waals surface area contributed by atoms with Crippen LogP contribution in [-0.2, 0) is 11.3 Å². The number of ether oxygens (including phenoxy) is 1. The molecule has 1 saturated heterocycles. The van der Waals surface area contributed by atoms with Crippen LogP contribution < -0.4 is 20.9 Å². The van der Waals surface area contributed by atoms with Crippen molar-refractivity contribution in [1.29, 1.82) is 0 Å². The zero-order valence-electron chi connectivity index (χ0n) is 20.9. The highest BCUT2D eigenvalue weighted by Crippen LogP contribution is 2.35. The van der Waals surface area contributed by atoms with Crippen molar-refractivity contribution in [2.24, 2.45) is 0 Å². The number of hydrogen-bond acceptors (Lipinski definition) is 7. The second-order valence-electron chi connectivity index (χ2n) is 8.89. The van der Waals surface area contributed by atoms with Gasteiger partial charge in [-0.3, -0.25) is 9.20 Å². The van der Waals surface area contributed by atoms with Crippen molar-refractivity contribution in [1.82, 2.24) is 25.0 Å². The van der Waals surface area contributed by atoms with Gasteiger partial charge in [0, 0.05) is 44.1 Å². The van der Waals surface area contributed by atoms with Gasteiger partial charge in [-0.2, -0.15) is 0 Å². The lowest BCUT2D eigenvalue weighted by molar-refractivity contribution is 0.0966. The van der Waals surface area contributed by atoms with Gasteiger partial charge in [-0.15, -0.1) is 0 Å². The molecule has 5 heterocycles. The first-order valence-corrected chi connectivity index (χ1v) is 12.3. The molecule has 1 aromatic carbocycles. The summed E-state index contributed by atoms with van der Waals surface area (Å²) >= 11 is 0. The van der Waals surface area contributed by atoms with Crippen LogP contribution in [0.15, 0.2) is 55.0 Å². The Morgan fingerprint density at radius 3 is 2.73 bits per heavy atom. The number of halogens is 1. The number of carbonyl (C=O) groups is 1. The van der Waals surface area contributed by atoms with Crippen LogP contribution in [0.2, 0.25) is 0 Å². The molecule has 1 amide bonds. The summed E-state index contributed by atoms with van der Waals surface area (Å²) in [5.74, 6) is 0.184. The van der Waals surface area contributed by atoms with Crippen molar-refractivity contribution in [3.8, 4) is 11.3 Å². The minimum atomic E-state index is -0.339. The lowest BCUT2D eigenvalue weighted by atomic mass is 9.99. The third-order valence-corrected chi connectivity index (χ3v) is 6.31. The number of hydrogen-bond donors (Lipinski definition) is 3. The fourth-order valence-electron chi connectivity index (χ4n) is 4.64. The molecule has 9 nitrogen and oxygen atoms in total. The number of rotatable bonds is 4. The molecule has 1 fully saturated rings. The number of pyridine rings is 2. The van der Waals surface area contributed by atoms with Gasteiger partial charge in [0.15, 0.2) is 0 Å². The van der Waals surface area contributed by atoms with Gasteiger partial charge in [-0.1, -0.05) is 6.07 Å². The van der Waals surface area contributed by atoms with E-state index in [4.69, 9.17) is 4.74 Å². The van der Waals surface area contributed by atoms with Crippen molar-refractivity contribution < 1.29 is 13.9 Å². The Bertz CT molecular complexity index is 1400. The van der Waals surface area contributed by atoms with Crippen molar-refractivity contribution >= 4 is 28.7 Å². The summed E-state index contributed by atoms with van der Waals surface area (Å²) in [5, 5.41) is 8.98. The molecular formula is C27H30FN7O2. The molecule has 0 aliphatic carbocycles. The number of aromatic nitrogens is 3. The van der Waals surface area contributed by atoms with E-state index in [9.17, 15) is 9.18 Å². The molecule has 192 valence electrons. The number of amides is 1. The minimum absolute atomic E-state index is 0.139. The van der Waals surface area contributed by atoms with Crippen LogP contribution in [0.3, 0.4) is 0 Å². The van der Waals surface area contributed by atoms with Gasteiger partial charge in [-0.05, 0) is 50.3 Å².